The van der Waals surface area contributed by atoms with E-state index in [9.17, 15) is 4.79 Å². The van der Waals surface area contributed by atoms with E-state index in [2.05, 4.69) is 37.0 Å². The van der Waals surface area contributed by atoms with Crippen LogP contribution in [0.4, 0.5) is 0 Å². The number of halogens is 3. The van der Waals surface area contributed by atoms with Crippen LogP contribution in [0, 0.1) is 0 Å². The van der Waals surface area contributed by atoms with E-state index in [0.29, 0.717) is 56.5 Å². The second kappa shape index (κ2) is 9.93. The van der Waals surface area contributed by atoms with Crippen molar-refractivity contribution in [1.29, 1.82) is 0 Å². The molecule has 32 heavy (non-hydrogen) atoms. The molecule has 0 fully saturated rings. The highest BCUT2D eigenvalue weighted by Crippen LogP contribution is 2.42. The molecule has 170 valence electrons. The standard InChI is InChI=1S/C23H24Br2ClN3O3/c1-6-31-17-10-13(18(25)19(26)20(17)32-7-2)12-27-29-21(30)15-11-14(24)8-9-16(15)28-22(29)23(3,4)5/h8-12H,6-7H2,1-5H3. The van der Waals surface area contributed by atoms with E-state index in [0.717, 1.165) is 4.47 Å². The summed E-state index contributed by atoms with van der Waals surface area (Å²) in [6.45, 7) is 10.6. The zero-order valence-electron chi connectivity index (χ0n) is 18.5. The Hall–Kier alpha value is -1.90. The van der Waals surface area contributed by atoms with Gasteiger partial charge < -0.3 is 9.47 Å². The van der Waals surface area contributed by atoms with Crippen molar-refractivity contribution in [2.75, 3.05) is 13.2 Å². The average Bonchev–Trinajstić information content (AvgIpc) is 2.73. The van der Waals surface area contributed by atoms with Crippen LogP contribution in [0.1, 0.15) is 46.0 Å². The lowest BCUT2D eigenvalue weighted by atomic mass is 9.95. The van der Waals surface area contributed by atoms with E-state index in [1.807, 2.05) is 46.8 Å². The fourth-order valence-electron chi connectivity index (χ4n) is 3.10. The maximum atomic E-state index is 13.3. The number of hydrogen-bond donors (Lipinski definition) is 0. The van der Waals surface area contributed by atoms with Crippen molar-refractivity contribution in [3.05, 3.63) is 60.0 Å². The molecule has 9 heteroatoms. The first-order chi connectivity index (χ1) is 15.1. The third-order valence-electron chi connectivity index (χ3n) is 4.54. The number of rotatable bonds is 6. The molecule has 0 bridgehead atoms. The van der Waals surface area contributed by atoms with Crippen molar-refractivity contribution in [1.82, 2.24) is 9.66 Å². The van der Waals surface area contributed by atoms with E-state index in [4.69, 9.17) is 26.1 Å². The molecule has 0 spiro atoms. The zero-order valence-corrected chi connectivity index (χ0v) is 22.4. The van der Waals surface area contributed by atoms with E-state index in [1.54, 1.807) is 18.3 Å². The highest BCUT2D eigenvalue weighted by molar-refractivity contribution is 9.10. The van der Waals surface area contributed by atoms with Crippen LogP contribution < -0.4 is 15.0 Å². The van der Waals surface area contributed by atoms with Crippen LogP contribution in [0.5, 0.6) is 11.5 Å². The molecule has 0 saturated heterocycles. The summed E-state index contributed by atoms with van der Waals surface area (Å²) in [4.78, 5) is 18.1. The lowest BCUT2D eigenvalue weighted by Gasteiger charge is -2.21. The van der Waals surface area contributed by atoms with E-state index in [1.165, 1.54) is 4.68 Å². The van der Waals surface area contributed by atoms with E-state index >= 15 is 0 Å². The summed E-state index contributed by atoms with van der Waals surface area (Å²) in [5.74, 6) is 1.52. The predicted molar refractivity (Wildman–Crippen MR) is 137 cm³/mol. The average molecular weight is 586 g/mol. The minimum Gasteiger partial charge on any atom is -0.490 e. The molecular formula is C23H24Br2ClN3O3. The lowest BCUT2D eigenvalue weighted by Crippen LogP contribution is -2.29. The zero-order chi connectivity index (χ0) is 23.6. The summed E-state index contributed by atoms with van der Waals surface area (Å²) in [5, 5.41) is 5.37. The fraction of sp³-hybridized carbons (Fsp3) is 0.348. The first-order valence-corrected chi connectivity index (χ1v) is 12.1. The number of aromatic nitrogens is 2. The van der Waals surface area contributed by atoms with Gasteiger partial charge in [-0.25, -0.2) is 4.98 Å². The SMILES string of the molecule is CCOc1cc(C=Nn2c(C(C)(C)C)nc3ccc(Br)cc3c2=O)c(Br)c(Cl)c1OCC. The van der Waals surface area contributed by atoms with Gasteiger partial charge >= 0.3 is 0 Å². The summed E-state index contributed by atoms with van der Waals surface area (Å²) in [7, 11) is 0. The minimum atomic E-state index is -0.415. The minimum absolute atomic E-state index is 0.254. The van der Waals surface area contributed by atoms with Crippen molar-refractivity contribution >= 4 is 60.6 Å². The monoisotopic (exact) mass is 583 g/mol. The van der Waals surface area contributed by atoms with Crippen LogP contribution in [0.15, 0.2) is 43.1 Å². The van der Waals surface area contributed by atoms with Crippen molar-refractivity contribution in [2.24, 2.45) is 5.10 Å². The van der Waals surface area contributed by atoms with Gasteiger partial charge in [0, 0.05) is 19.9 Å². The Bertz CT molecular complexity index is 1250. The van der Waals surface area contributed by atoms with Crippen LogP contribution >= 0.6 is 43.5 Å². The molecule has 0 saturated carbocycles. The molecule has 2 aromatic carbocycles. The van der Waals surface area contributed by atoms with Crippen LogP contribution in [0.25, 0.3) is 10.9 Å². The van der Waals surface area contributed by atoms with Gasteiger partial charge in [-0.3, -0.25) is 4.79 Å². The number of hydrogen-bond acceptors (Lipinski definition) is 5. The molecule has 1 aromatic heterocycles. The Labute approximate surface area is 208 Å². The highest BCUT2D eigenvalue weighted by Gasteiger charge is 2.23. The molecule has 0 unspecified atom stereocenters. The highest BCUT2D eigenvalue weighted by atomic mass is 79.9. The Kier molecular flexibility index (Phi) is 7.68. The summed E-state index contributed by atoms with van der Waals surface area (Å²) < 4.78 is 14.1. The van der Waals surface area contributed by atoms with Gasteiger partial charge in [0.25, 0.3) is 5.56 Å². The summed E-state index contributed by atoms with van der Waals surface area (Å²) in [6, 6.07) is 7.21. The summed E-state index contributed by atoms with van der Waals surface area (Å²) in [6.07, 6.45) is 1.57. The van der Waals surface area contributed by atoms with Gasteiger partial charge in [0.05, 0.1) is 30.3 Å². The molecule has 0 atom stereocenters. The molecule has 0 amide bonds. The Morgan fingerprint density at radius 1 is 1.16 bits per heavy atom. The van der Waals surface area contributed by atoms with Gasteiger partial charge in [0.1, 0.15) is 10.8 Å². The number of fused-ring (bicyclic) bond motifs is 1. The molecule has 1 heterocycles. The topological polar surface area (TPSA) is 65.7 Å². The Morgan fingerprint density at radius 2 is 1.84 bits per heavy atom. The Balaban J connectivity index is 2.22. The van der Waals surface area contributed by atoms with Gasteiger partial charge in [-0.2, -0.15) is 9.78 Å². The number of benzene rings is 2. The van der Waals surface area contributed by atoms with Gasteiger partial charge in [0.15, 0.2) is 11.5 Å². The van der Waals surface area contributed by atoms with Crippen LogP contribution in [0.2, 0.25) is 5.02 Å². The van der Waals surface area contributed by atoms with Gasteiger partial charge in [0.2, 0.25) is 0 Å². The van der Waals surface area contributed by atoms with Crippen LogP contribution in [0.3, 0.4) is 0 Å². The van der Waals surface area contributed by atoms with Crippen molar-refractivity contribution in [3.63, 3.8) is 0 Å². The normalized spacial score (nSPS) is 12.0. The van der Waals surface area contributed by atoms with Gasteiger partial charge in [-0.05, 0) is 54.0 Å². The molecule has 0 aliphatic rings. The first-order valence-electron chi connectivity index (χ1n) is 10.1. The number of nitrogens with zero attached hydrogens (tertiary/aromatic N) is 3. The third kappa shape index (κ3) is 5.02. The largest absolute Gasteiger partial charge is 0.490 e. The van der Waals surface area contributed by atoms with Crippen molar-refractivity contribution in [2.45, 2.75) is 40.0 Å². The predicted octanol–water partition coefficient (Wildman–Crippen LogP) is 6.55. The third-order valence-corrected chi connectivity index (χ3v) is 6.47. The molecule has 6 nitrogen and oxygen atoms in total. The quantitative estimate of drug-likeness (QED) is 0.308. The molecule has 0 N–H and O–H groups in total. The summed E-state index contributed by atoms with van der Waals surface area (Å²) >= 11 is 13.5. The van der Waals surface area contributed by atoms with Crippen molar-refractivity contribution in [3.8, 4) is 11.5 Å². The second-order valence-corrected chi connectivity index (χ2v) is 10.1. The van der Waals surface area contributed by atoms with E-state index in [-0.39, 0.29) is 5.56 Å². The molecule has 3 rings (SSSR count). The smallest absolute Gasteiger partial charge is 0.282 e. The molecule has 0 aliphatic heterocycles. The Morgan fingerprint density at radius 3 is 2.47 bits per heavy atom. The van der Waals surface area contributed by atoms with Gasteiger partial charge in [-0.15, -0.1) is 0 Å². The molecular weight excluding hydrogens is 562 g/mol. The van der Waals surface area contributed by atoms with Crippen LogP contribution in [-0.4, -0.2) is 29.1 Å². The van der Waals surface area contributed by atoms with Crippen LogP contribution in [-0.2, 0) is 5.41 Å². The maximum Gasteiger partial charge on any atom is 0.282 e. The molecule has 3 aromatic rings. The summed E-state index contributed by atoms with van der Waals surface area (Å²) in [5.41, 5.74) is 0.597. The molecule has 0 radical (unpaired) electrons. The lowest BCUT2D eigenvalue weighted by molar-refractivity contribution is 0.287. The van der Waals surface area contributed by atoms with E-state index < -0.39 is 5.41 Å². The van der Waals surface area contributed by atoms with Gasteiger partial charge in [-0.1, -0.05) is 48.3 Å². The second-order valence-electron chi connectivity index (χ2n) is 8.00. The first kappa shape index (κ1) is 24.7. The number of ether oxygens (including phenoxy) is 2. The molecule has 0 aliphatic carbocycles. The maximum absolute atomic E-state index is 13.3. The van der Waals surface area contributed by atoms with Crippen molar-refractivity contribution < 1.29 is 9.47 Å². The fourth-order valence-corrected chi connectivity index (χ4v) is 4.12.